The molecule has 0 bridgehead atoms. The quantitative estimate of drug-likeness (QED) is 0.237. The van der Waals surface area contributed by atoms with Crippen molar-refractivity contribution in [3.8, 4) is 0 Å². The first kappa shape index (κ1) is 26.0. The molecular formula is C16H33KO4P-. The van der Waals surface area contributed by atoms with Gasteiger partial charge < -0.3 is 18.9 Å². The summed E-state index contributed by atoms with van der Waals surface area (Å²) >= 11 is 0. The summed E-state index contributed by atoms with van der Waals surface area (Å²) in [5, 5.41) is 0. The van der Waals surface area contributed by atoms with Crippen LogP contribution in [0, 0.1) is 0 Å². The molecule has 0 aromatic carbocycles. The van der Waals surface area contributed by atoms with Crippen molar-refractivity contribution in [2.75, 3.05) is 6.61 Å². The second-order valence-electron chi connectivity index (χ2n) is 5.88. The van der Waals surface area contributed by atoms with Crippen LogP contribution in [-0.4, -0.2) is 6.61 Å². The van der Waals surface area contributed by atoms with Gasteiger partial charge in [-0.25, -0.2) is 0 Å². The van der Waals surface area contributed by atoms with Gasteiger partial charge in [-0.2, -0.15) is 0 Å². The molecule has 0 radical (unpaired) electrons. The van der Waals surface area contributed by atoms with Crippen LogP contribution in [0.2, 0.25) is 0 Å². The third-order valence-corrected chi connectivity index (χ3v) is 4.25. The van der Waals surface area contributed by atoms with Gasteiger partial charge in [-0.1, -0.05) is 90.4 Å². The van der Waals surface area contributed by atoms with Crippen molar-refractivity contribution in [3.05, 3.63) is 0 Å². The molecular weight excluding hydrogens is 326 g/mol. The predicted octanol–water partition coefficient (Wildman–Crippen LogP) is 1.32. The van der Waals surface area contributed by atoms with Crippen LogP contribution in [0.5, 0.6) is 0 Å². The Balaban J connectivity index is 0. The number of hydrogen-bond donors (Lipinski definition) is 0. The third kappa shape index (κ3) is 24.0. The summed E-state index contributed by atoms with van der Waals surface area (Å²) in [4.78, 5) is 20.4. The molecule has 0 aliphatic rings. The first-order valence-corrected chi connectivity index (χ1v) is 10.2. The Hall–Kier alpha value is 1.75. The average Bonchev–Trinajstić information content (AvgIpc) is 2.42. The number of rotatable bonds is 16. The van der Waals surface area contributed by atoms with Crippen molar-refractivity contribution in [1.29, 1.82) is 0 Å². The van der Waals surface area contributed by atoms with E-state index in [-0.39, 0.29) is 58.0 Å². The summed E-state index contributed by atoms with van der Waals surface area (Å²) < 4.78 is 14.4. The molecule has 128 valence electrons. The Morgan fingerprint density at radius 2 is 1.00 bits per heavy atom. The molecule has 0 spiro atoms. The Labute approximate surface area is 179 Å². The molecule has 0 saturated carbocycles. The summed E-state index contributed by atoms with van der Waals surface area (Å²) in [6.07, 6.45) is 17.4. The summed E-state index contributed by atoms with van der Waals surface area (Å²) in [5.41, 5.74) is 0. The molecule has 0 amide bonds. The summed E-state index contributed by atoms with van der Waals surface area (Å²) in [5.74, 6) is 0. The van der Waals surface area contributed by atoms with Crippen LogP contribution in [0.1, 0.15) is 96.8 Å². The van der Waals surface area contributed by atoms with E-state index in [1.807, 2.05) is 0 Å². The Bertz CT molecular complexity index is 259. The van der Waals surface area contributed by atoms with Gasteiger partial charge in [-0.15, -0.1) is 0 Å². The van der Waals surface area contributed by atoms with Gasteiger partial charge in [0.15, 0.2) is 0 Å². The molecule has 0 unspecified atom stereocenters. The zero-order chi connectivity index (χ0) is 15.8. The van der Waals surface area contributed by atoms with E-state index in [4.69, 9.17) is 0 Å². The molecule has 0 saturated heterocycles. The minimum absolute atomic E-state index is 0. The van der Waals surface area contributed by atoms with Gasteiger partial charge in [-0.05, 0) is 6.42 Å². The fourth-order valence-corrected chi connectivity index (χ4v) is 2.83. The summed E-state index contributed by atoms with van der Waals surface area (Å²) in [6, 6.07) is 0. The maximum absolute atomic E-state index is 10.2. The Morgan fingerprint density at radius 1 is 0.682 bits per heavy atom. The SMILES string of the molecule is CCCCCCCCCCCCCCCCOP(=O)([O-])[O-].[K+]. The Kier molecular flexibility index (Phi) is 22.5. The van der Waals surface area contributed by atoms with Crippen molar-refractivity contribution in [3.63, 3.8) is 0 Å². The zero-order valence-corrected chi connectivity index (χ0v) is 18.7. The van der Waals surface area contributed by atoms with Crippen LogP contribution in [0.25, 0.3) is 0 Å². The van der Waals surface area contributed by atoms with Crippen LogP contribution < -0.4 is 61.2 Å². The van der Waals surface area contributed by atoms with Crippen LogP contribution >= 0.6 is 7.82 Å². The monoisotopic (exact) mass is 359 g/mol. The van der Waals surface area contributed by atoms with Gasteiger partial charge in [0, 0.05) is 0 Å². The van der Waals surface area contributed by atoms with Gasteiger partial charge in [0.25, 0.3) is 0 Å². The van der Waals surface area contributed by atoms with Crippen molar-refractivity contribution < 1.29 is 70.3 Å². The molecule has 0 aliphatic carbocycles. The number of phosphoric acid groups is 1. The predicted molar refractivity (Wildman–Crippen MR) is 83.9 cm³/mol. The van der Waals surface area contributed by atoms with Crippen molar-refractivity contribution >= 4 is 7.82 Å². The van der Waals surface area contributed by atoms with Crippen LogP contribution in [0.3, 0.4) is 0 Å². The second kappa shape index (κ2) is 19.1. The van der Waals surface area contributed by atoms with Crippen LogP contribution in [0.4, 0.5) is 0 Å². The average molecular weight is 360 g/mol. The molecule has 0 heterocycles. The molecule has 0 atom stereocenters. The second-order valence-corrected chi connectivity index (χ2v) is 7.03. The molecule has 0 aromatic rings. The van der Waals surface area contributed by atoms with E-state index >= 15 is 0 Å². The first-order chi connectivity index (χ1) is 10.1. The van der Waals surface area contributed by atoms with Crippen molar-refractivity contribution in [2.45, 2.75) is 96.8 Å². The fraction of sp³-hybridized carbons (Fsp3) is 1.00. The Morgan fingerprint density at radius 3 is 1.32 bits per heavy atom. The molecule has 0 rings (SSSR count). The van der Waals surface area contributed by atoms with E-state index < -0.39 is 7.82 Å². The maximum atomic E-state index is 10.2. The number of hydrogen-bond acceptors (Lipinski definition) is 4. The van der Waals surface area contributed by atoms with Crippen molar-refractivity contribution in [1.82, 2.24) is 0 Å². The van der Waals surface area contributed by atoms with Gasteiger partial charge in [0.2, 0.25) is 0 Å². The molecule has 0 aliphatic heterocycles. The largest absolute Gasteiger partial charge is 1.00 e. The molecule has 0 aromatic heterocycles. The fourth-order valence-electron chi connectivity index (χ4n) is 2.47. The van der Waals surface area contributed by atoms with E-state index in [9.17, 15) is 14.4 Å². The number of unbranched alkanes of at least 4 members (excludes halogenated alkanes) is 13. The topological polar surface area (TPSA) is 72.4 Å². The number of phosphoric ester groups is 1. The molecule has 6 heteroatoms. The van der Waals surface area contributed by atoms with E-state index in [2.05, 4.69) is 11.4 Å². The maximum Gasteiger partial charge on any atom is 1.00 e. The van der Waals surface area contributed by atoms with Gasteiger partial charge in [0.05, 0.1) is 14.4 Å². The minimum atomic E-state index is -4.75. The molecule has 22 heavy (non-hydrogen) atoms. The summed E-state index contributed by atoms with van der Waals surface area (Å²) in [7, 11) is -4.75. The van der Waals surface area contributed by atoms with Gasteiger partial charge in [-0.3, -0.25) is 0 Å². The van der Waals surface area contributed by atoms with Gasteiger partial charge in [0.1, 0.15) is 0 Å². The first-order valence-electron chi connectivity index (χ1n) is 8.73. The van der Waals surface area contributed by atoms with Crippen molar-refractivity contribution in [2.24, 2.45) is 0 Å². The zero-order valence-electron chi connectivity index (χ0n) is 14.7. The van der Waals surface area contributed by atoms with Gasteiger partial charge >= 0.3 is 51.4 Å². The van der Waals surface area contributed by atoms with Crippen LogP contribution in [-0.2, 0) is 9.09 Å². The molecule has 4 nitrogen and oxygen atoms in total. The van der Waals surface area contributed by atoms with Crippen LogP contribution in [0.15, 0.2) is 0 Å². The van der Waals surface area contributed by atoms with E-state index in [0.29, 0.717) is 6.42 Å². The van der Waals surface area contributed by atoms with E-state index in [0.717, 1.165) is 12.8 Å². The summed E-state index contributed by atoms with van der Waals surface area (Å²) in [6.45, 7) is 2.29. The molecule has 0 N–H and O–H groups in total. The third-order valence-electron chi connectivity index (χ3n) is 3.75. The van der Waals surface area contributed by atoms with E-state index in [1.54, 1.807) is 0 Å². The molecule has 0 fully saturated rings. The minimum Gasteiger partial charge on any atom is -0.790 e. The standard InChI is InChI=1S/C16H35O4P.K/c1-2-3-4-5-6-7-8-9-10-11-12-13-14-15-16-20-21(17,18)19;/h2-16H2,1H3,(H2,17,18,19);/q;+1/p-2. The normalized spacial score (nSPS) is 11.4. The smallest absolute Gasteiger partial charge is 0.790 e. The van der Waals surface area contributed by atoms with E-state index in [1.165, 1.54) is 70.6 Å².